The van der Waals surface area contributed by atoms with E-state index < -0.39 is 0 Å². The van der Waals surface area contributed by atoms with Gasteiger partial charge in [-0.1, -0.05) is 6.07 Å². The Kier molecular flexibility index (Phi) is 6.28. The van der Waals surface area contributed by atoms with Crippen LogP contribution in [0.25, 0.3) is 0 Å². The second kappa shape index (κ2) is 8.42. The van der Waals surface area contributed by atoms with Crippen LogP contribution in [0.5, 0.6) is 11.5 Å². The molecule has 0 spiro atoms. The molecule has 1 aliphatic heterocycles. The minimum Gasteiger partial charge on any atom is -0.494 e. The number of rotatable bonds is 5. The van der Waals surface area contributed by atoms with Gasteiger partial charge in [-0.25, -0.2) is 4.79 Å². The number of urea groups is 1. The zero-order valence-electron chi connectivity index (χ0n) is 14.3. The van der Waals surface area contributed by atoms with E-state index >= 15 is 0 Å². The lowest BCUT2D eigenvalue weighted by molar-refractivity contribution is -0.149. The second-order valence-electron chi connectivity index (χ2n) is 5.50. The van der Waals surface area contributed by atoms with Crippen molar-refractivity contribution in [3.05, 3.63) is 18.2 Å². The van der Waals surface area contributed by atoms with Crippen molar-refractivity contribution in [3.8, 4) is 11.5 Å². The lowest BCUT2D eigenvalue weighted by atomic mass is 9.98. The molecule has 2 rings (SSSR count). The maximum Gasteiger partial charge on any atom is 0.322 e. The fourth-order valence-corrected chi connectivity index (χ4v) is 2.77. The van der Waals surface area contributed by atoms with Crippen molar-refractivity contribution in [2.45, 2.75) is 19.8 Å². The smallest absolute Gasteiger partial charge is 0.322 e. The first-order valence-electron chi connectivity index (χ1n) is 8.04. The van der Waals surface area contributed by atoms with E-state index in [0.717, 1.165) is 12.8 Å². The summed E-state index contributed by atoms with van der Waals surface area (Å²) in [5.74, 6) is 0.511. The first-order chi connectivity index (χ1) is 11.6. The Balaban J connectivity index is 2.08. The van der Waals surface area contributed by atoms with E-state index in [4.69, 9.17) is 14.2 Å². The van der Waals surface area contributed by atoms with Crippen molar-refractivity contribution in [3.63, 3.8) is 0 Å². The van der Waals surface area contributed by atoms with E-state index in [2.05, 4.69) is 5.32 Å². The third-order valence-corrected chi connectivity index (χ3v) is 3.99. The molecule has 7 nitrogen and oxygen atoms in total. The van der Waals surface area contributed by atoms with E-state index in [1.54, 1.807) is 30.0 Å². The highest BCUT2D eigenvalue weighted by atomic mass is 16.5. The van der Waals surface area contributed by atoms with Gasteiger partial charge in [0.15, 0.2) is 0 Å². The van der Waals surface area contributed by atoms with Crippen LogP contribution in [0.4, 0.5) is 10.5 Å². The summed E-state index contributed by atoms with van der Waals surface area (Å²) in [5.41, 5.74) is 0.478. The van der Waals surface area contributed by atoms with E-state index in [9.17, 15) is 9.59 Å². The average molecular weight is 336 g/mol. The topological polar surface area (TPSA) is 77.1 Å². The third kappa shape index (κ3) is 4.10. The zero-order chi connectivity index (χ0) is 17.5. The van der Waals surface area contributed by atoms with Crippen LogP contribution in [0.15, 0.2) is 18.2 Å². The minimum absolute atomic E-state index is 0.245. The molecule has 1 aliphatic rings. The fraction of sp³-hybridized carbons (Fsp3) is 0.529. The number of hydrogen-bond donors (Lipinski definition) is 1. The Morgan fingerprint density at radius 2 is 1.92 bits per heavy atom. The van der Waals surface area contributed by atoms with Crippen molar-refractivity contribution in [1.29, 1.82) is 0 Å². The first kappa shape index (κ1) is 17.9. The Hall–Kier alpha value is -2.44. The highest BCUT2D eigenvalue weighted by Gasteiger charge is 2.30. The lowest BCUT2D eigenvalue weighted by Gasteiger charge is -2.31. The summed E-state index contributed by atoms with van der Waals surface area (Å²) in [5, 5.41) is 2.83. The highest BCUT2D eigenvalue weighted by molar-refractivity contribution is 5.93. The molecular weight excluding hydrogens is 312 g/mol. The Morgan fingerprint density at radius 1 is 1.25 bits per heavy atom. The molecule has 132 valence electrons. The van der Waals surface area contributed by atoms with E-state index in [-0.39, 0.29) is 17.9 Å². The molecule has 1 aromatic rings. The van der Waals surface area contributed by atoms with Crippen LogP contribution in [0.3, 0.4) is 0 Å². The molecule has 1 heterocycles. The number of benzene rings is 1. The summed E-state index contributed by atoms with van der Waals surface area (Å²) >= 11 is 0. The van der Waals surface area contributed by atoms with Crippen LogP contribution < -0.4 is 14.8 Å². The number of carbonyl (C=O) groups is 2. The number of nitrogens with one attached hydrogen (secondary N) is 1. The van der Waals surface area contributed by atoms with Crippen LogP contribution in [-0.2, 0) is 9.53 Å². The Morgan fingerprint density at radius 3 is 2.50 bits per heavy atom. The molecule has 1 aromatic carbocycles. The Labute approximate surface area is 141 Å². The molecule has 0 saturated carbocycles. The highest BCUT2D eigenvalue weighted by Crippen LogP contribution is 2.34. The van der Waals surface area contributed by atoms with Crippen LogP contribution in [-0.4, -0.2) is 50.8 Å². The lowest BCUT2D eigenvalue weighted by Crippen LogP contribution is -2.44. The zero-order valence-corrected chi connectivity index (χ0v) is 14.3. The summed E-state index contributed by atoms with van der Waals surface area (Å²) in [6.45, 7) is 3.07. The predicted molar refractivity (Wildman–Crippen MR) is 89.5 cm³/mol. The van der Waals surface area contributed by atoms with Crippen molar-refractivity contribution in [2.75, 3.05) is 39.2 Å². The molecule has 1 atom stereocenters. The van der Waals surface area contributed by atoms with Crippen molar-refractivity contribution < 1.29 is 23.8 Å². The number of nitrogens with zero attached hydrogens (tertiary/aromatic N) is 1. The van der Waals surface area contributed by atoms with Gasteiger partial charge in [-0.05, 0) is 31.9 Å². The number of likely N-dealkylation sites (tertiary alicyclic amines) is 1. The molecule has 0 bridgehead atoms. The molecule has 0 aliphatic carbocycles. The molecule has 0 aromatic heterocycles. The summed E-state index contributed by atoms with van der Waals surface area (Å²) in [6.07, 6.45) is 1.50. The molecule has 0 radical (unpaired) electrons. The Bertz CT molecular complexity index is 568. The van der Waals surface area contributed by atoms with Gasteiger partial charge < -0.3 is 24.4 Å². The normalized spacial score (nSPS) is 17.1. The summed E-state index contributed by atoms with van der Waals surface area (Å²) in [4.78, 5) is 26.1. The number of amides is 2. The van der Waals surface area contributed by atoms with Gasteiger partial charge in [-0.2, -0.15) is 0 Å². The van der Waals surface area contributed by atoms with Gasteiger partial charge in [0, 0.05) is 13.1 Å². The maximum atomic E-state index is 12.6. The van der Waals surface area contributed by atoms with Gasteiger partial charge in [0.1, 0.15) is 17.2 Å². The molecule has 2 amide bonds. The number of esters is 1. The van der Waals surface area contributed by atoms with E-state index in [1.807, 2.05) is 0 Å². The van der Waals surface area contributed by atoms with Crippen LogP contribution in [0.1, 0.15) is 19.8 Å². The molecule has 1 unspecified atom stereocenters. The van der Waals surface area contributed by atoms with Gasteiger partial charge in [0.05, 0.1) is 26.7 Å². The van der Waals surface area contributed by atoms with Crippen molar-refractivity contribution >= 4 is 17.7 Å². The van der Waals surface area contributed by atoms with Crippen molar-refractivity contribution in [2.24, 2.45) is 5.92 Å². The van der Waals surface area contributed by atoms with Gasteiger partial charge >= 0.3 is 12.0 Å². The molecule has 7 heteroatoms. The summed E-state index contributed by atoms with van der Waals surface area (Å²) < 4.78 is 15.6. The van der Waals surface area contributed by atoms with Crippen LogP contribution >= 0.6 is 0 Å². The maximum absolute atomic E-state index is 12.6. The fourth-order valence-electron chi connectivity index (χ4n) is 2.77. The molecule has 1 fully saturated rings. The second-order valence-corrected chi connectivity index (χ2v) is 5.50. The largest absolute Gasteiger partial charge is 0.494 e. The third-order valence-electron chi connectivity index (χ3n) is 3.99. The number of piperidine rings is 1. The number of ether oxygens (including phenoxy) is 3. The monoisotopic (exact) mass is 336 g/mol. The first-order valence-corrected chi connectivity index (χ1v) is 8.04. The van der Waals surface area contributed by atoms with Gasteiger partial charge in [-0.15, -0.1) is 0 Å². The predicted octanol–water partition coefficient (Wildman–Crippen LogP) is 2.51. The number of hydrogen-bond acceptors (Lipinski definition) is 5. The SMILES string of the molecule is CCOC(=O)C1CCCN(C(=O)Nc2c(OC)cccc2OC)C1. The van der Waals surface area contributed by atoms with Gasteiger partial charge in [-0.3, -0.25) is 4.79 Å². The molecule has 24 heavy (non-hydrogen) atoms. The summed E-state index contributed by atoms with van der Waals surface area (Å²) in [6, 6.07) is 4.99. The molecule has 1 saturated heterocycles. The molecule has 1 N–H and O–H groups in total. The minimum atomic E-state index is -0.285. The van der Waals surface area contributed by atoms with E-state index in [1.165, 1.54) is 14.2 Å². The average Bonchev–Trinajstić information content (AvgIpc) is 2.62. The standard InChI is InChI=1S/C17H24N2O5/c1-4-24-16(20)12-7-6-10-19(11-12)17(21)18-15-13(22-2)8-5-9-14(15)23-3/h5,8-9,12H,4,6-7,10-11H2,1-3H3,(H,18,21). The van der Waals surface area contributed by atoms with E-state index in [0.29, 0.717) is 36.9 Å². The van der Waals surface area contributed by atoms with Crippen LogP contribution in [0, 0.1) is 5.92 Å². The summed E-state index contributed by atoms with van der Waals surface area (Å²) in [7, 11) is 3.06. The quantitative estimate of drug-likeness (QED) is 0.836. The number of para-hydroxylation sites is 1. The van der Waals surface area contributed by atoms with Crippen LogP contribution in [0.2, 0.25) is 0 Å². The van der Waals surface area contributed by atoms with Crippen molar-refractivity contribution in [1.82, 2.24) is 4.90 Å². The number of carbonyl (C=O) groups excluding carboxylic acids is 2. The number of methoxy groups -OCH3 is 2. The van der Waals surface area contributed by atoms with Gasteiger partial charge in [0.2, 0.25) is 0 Å². The number of anilines is 1. The van der Waals surface area contributed by atoms with Gasteiger partial charge in [0.25, 0.3) is 0 Å². The molecular formula is C17H24N2O5.